The van der Waals surface area contributed by atoms with Crippen LogP contribution in [-0.4, -0.2) is 14.8 Å². The molecule has 78 valence electrons. The van der Waals surface area contributed by atoms with Gasteiger partial charge in [-0.3, -0.25) is 9.67 Å². The quantitative estimate of drug-likeness (QED) is 0.824. The lowest BCUT2D eigenvalue weighted by atomic mass is 10.2. The molecule has 0 radical (unpaired) electrons. The van der Waals surface area contributed by atoms with E-state index in [0.29, 0.717) is 0 Å². The van der Waals surface area contributed by atoms with Crippen molar-refractivity contribution in [2.24, 2.45) is 7.05 Å². The zero-order valence-electron chi connectivity index (χ0n) is 8.94. The summed E-state index contributed by atoms with van der Waals surface area (Å²) in [6.45, 7) is 2.74. The Balaban J connectivity index is 1.96. The largest absolute Gasteiger partial charge is 0.364 e. The van der Waals surface area contributed by atoms with Crippen LogP contribution < -0.4 is 5.32 Å². The van der Waals surface area contributed by atoms with Crippen LogP contribution >= 0.6 is 0 Å². The van der Waals surface area contributed by atoms with Crippen LogP contribution in [0, 0.1) is 6.92 Å². The second-order valence-electron chi connectivity index (χ2n) is 3.54. The van der Waals surface area contributed by atoms with Crippen LogP contribution in [0.1, 0.15) is 11.3 Å². The predicted octanol–water partition coefficient (Wildman–Crippen LogP) is 1.74. The molecule has 0 saturated heterocycles. The summed E-state index contributed by atoms with van der Waals surface area (Å²) in [4.78, 5) is 4.23. The van der Waals surface area contributed by atoms with Crippen molar-refractivity contribution in [3.63, 3.8) is 0 Å². The van der Waals surface area contributed by atoms with Gasteiger partial charge in [0.05, 0.1) is 0 Å². The molecule has 0 aliphatic heterocycles. The fraction of sp³-hybridized carbons (Fsp3) is 0.273. The number of nitrogens with one attached hydrogen (secondary N) is 1. The molecule has 0 amide bonds. The molecule has 0 aromatic carbocycles. The van der Waals surface area contributed by atoms with E-state index in [1.807, 2.05) is 38.5 Å². The summed E-state index contributed by atoms with van der Waals surface area (Å²) in [5, 5.41) is 7.46. The highest BCUT2D eigenvalue weighted by Crippen LogP contribution is 2.05. The number of aromatic nitrogens is 3. The fourth-order valence-corrected chi connectivity index (χ4v) is 1.30. The Bertz CT molecular complexity index is 430. The van der Waals surface area contributed by atoms with Crippen molar-refractivity contribution in [1.82, 2.24) is 14.8 Å². The van der Waals surface area contributed by atoms with Gasteiger partial charge in [-0.2, -0.15) is 5.10 Å². The molecule has 0 unspecified atom stereocenters. The van der Waals surface area contributed by atoms with Crippen LogP contribution in [0.4, 0.5) is 5.82 Å². The number of anilines is 1. The van der Waals surface area contributed by atoms with E-state index in [2.05, 4.69) is 21.5 Å². The van der Waals surface area contributed by atoms with E-state index >= 15 is 0 Å². The van der Waals surface area contributed by atoms with E-state index in [9.17, 15) is 0 Å². The smallest absolute Gasteiger partial charge is 0.148 e. The lowest BCUT2D eigenvalue weighted by Crippen LogP contribution is -2.01. The minimum atomic E-state index is 0.754. The average Bonchev–Trinajstić information content (AvgIpc) is 2.64. The fourth-order valence-electron chi connectivity index (χ4n) is 1.30. The molecular weight excluding hydrogens is 188 g/mol. The van der Waals surface area contributed by atoms with Crippen LogP contribution in [0.25, 0.3) is 0 Å². The molecule has 4 heteroatoms. The monoisotopic (exact) mass is 202 g/mol. The molecule has 2 aromatic rings. The lowest BCUT2D eigenvalue weighted by Gasteiger charge is -2.02. The molecule has 0 atom stereocenters. The SMILES string of the molecule is Cc1ccc(CNc2ccn(C)n2)cn1. The van der Waals surface area contributed by atoms with Crippen molar-refractivity contribution in [3.8, 4) is 0 Å². The highest BCUT2D eigenvalue weighted by atomic mass is 15.3. The summed E-state index contributed by atoms with van der Waals surface area (Å²) in [7, 11) is 1.90. The van der Waals surface area contributed by atoms with Gasteiger partial charge in [0.1, 0.15) is 5.82 Å². The third-order valence-electron chi connectivity index (χ3n) is 2.16. The Morgan fingerprint density at radius 3 is 2.80 bits per heavy atom. The Morgan fingerprint density at radius 2 is 2.20 bits per heavy atom. The second kappa shape index (κ2) is 4.13. The number of hydrogen-bond acceptors (Lipinski definition) is 3. The summed E-state index contributed by atoms with van der Waals surface area (Å²) in [6.07, 6.45) is 3.79. The normalized spacial score (nSPS) is 10.3. The lowest BCUT2D eigenvalue weighted by molar-refractivity contribution is 0.768. The van der Waals surface area contributed by atoms with Gasteiger partial charge in [0, 0.05) is 37.7 Å². The minimum Gasteiger partial charge on any atom is -0.364 e. The Kier molecular flexibility index (Phi) is 2.67. The summed E-state index contributed by atoms with van der Waals surface area (Å²) in [5.41, 5.74) is 2.20. The maximum atomic E-state index is 4.23. The third-order valence-corrected chi connectivity index (χ3v) is 2.16. The van der Waals surface area contributed by atoms with Crippen molar-refractivity contribution in [1.29, 1.82) is 0 Å². The molecule has 0 spiro atoms. The zero-order valence-corrected chi connectivity index (χ0v) is 8.94. The first-order chi connectivity index (χ1) is 7.24. The van der Waals surface area contributed by atoms with Crippen LogP contribution in [0.15, 0.2) is 30.6 Å². The van der Waals surface area contributed by atoms with Crippen molar-refractivity contribution < 1.29 is 0 Å². The Hall–Kier alpha value is -1.84. The van der Waals surface area contributed by atoms with Crippen LogP contribution in [-0.2, 0) is 13.6 Å². The number of aryl methyl sites for hydroxylation is 2. The third kappa shape index (κ3) is 2.56. The van der Waals surface area contributed by atoms with E-state index in [1.54, 1.807) is 4.68 Å². The van der Waals surface area contributed by atoms with Gasteiger partial charge in [-0.1, -0.05) is 6.07 Å². The summed E-state index contributed by atoms with van der Waals surface area (Å²) in [5.74, 6) is 0.887. The standard InChI is InChI=1S/C11H14N4/c1-9-3-4-10(7-12-9)8-13-11-5-6-15(2)14-11/h3-7H,8H2,1-2H3,(H,13,14). The van der Waals surface area contributed by atoms with Gasteiger partial charge in [0.2, 0.25) is 0 Å². The molecule has 4 nitrogen and oxygen atoms in total. The van der Waals surface area contributed by atoms with Gasteiger partial charge in [-0.15, -0.1) is 0 Å². The van der Waals surface area contributed by atoms with Crippen molar-refractivity contribution in [2.75, 3.05) is 5.32 Å². The Labute approximate surface area is 89.0 Å². The first kappa shape index (κ1) is 9.71. The molecule has 0 aliphatic rings. The van der Waals surface area contributed by atoms with Crippen LogP contribution in [0.2, 0.25) is 0 Å². The Morgan fingerprint density at radius 1 is 1.33 bits per heavy atom. The van der Waals surface area contributed by atoms with Gasteiger partial charge >= 0.3 is 0 Å². The summed E-state index contributed by atoms with van der Waals surface area (Å²) >= 11 is 0. The average molecular weight is 202 g/mol. The summed E-state index contributed by atoms with van der Waals surface area (Å²) in [6, 6.07) is 6.02. The molecule has 1 N–H and O–H groups in total. The number of pyridine rings is 1. The molecule has 0 saturated carbocycles. The van der Waals surface area contributed by atoms with E-state index in [-0.39, 0.29) is 0 Å². The molecular formula is C11H14N4. The number of rotatable bonds is 3. The molecule has 0 fully saturated rings. The van der Waals surface area contributed by atoms with Gasteiger partial charge in [-0.05, 0) is 18.6 Å². The molecule has 2 heterocycles. The highest BCUT2D eigenvalue weighted by molar-refractivity contribution is 5.33. The van der Waals surface area contributed by atoms with Crippen molar-refractivity contribution >= 4 is 5.82 Å². The van der Waals surface area contributed by atoms with E-state index in [0.717, 1.165) is 23.6 Å². The van der Waals surface area contributed by atoms with E-state index in [1.165, 1.54) is 0 Å². The van der Waals surface area contributed by atoms with Gasteiger partial charge in [0.25, 0.3) is 0 Å². The van der Waals surface area contributed by atoms with Gasteiger partial charge in [-0.25, -0.2) is 0 Å². The van der Waals surface area contributed by atoms with Gasteiger partial charge < -0.3 is 5.32 Å². The molecule has 0 aliphatic carbocycles. The van der Waals surface area contributed by atoms with Crippen molar-refractivity contribution in [3.05, 3.63) is 41.9 Å². The van der Waals surface area contributed by atoms with Crippen molar-refractivity contribution in [2.45, 2.75) is 13.5 Å². The molecule has 0 bridgehead atoms. The maximum Gasteiger partial charge on any atom is 0.148 e. The molecule has 15 heavy (non-hydrogen) atoms. The van der Waals surface area contributed by atoms with Crippen LogP contribution in [0.3, 0.4) is 0 Å². The first-order valence-corrected chi connectivity index (χ1v) is 4.89. The summed E-state index contributed by atoms with van der Waals surface area (Å²) < 4.78 is 1.77. The van der Waals surface area contributed by atoms with E-state index in [4.69, 9.17) is 0 Å². The topological polar surface area (TPSA) is 42.7 Å². The first-order valence-electron chi connectivity index (χ1n) is 4.89. The van der Waals surface area contributed by atoms with Crippen LogP contribution in [0.5, 0.6) is 0 Å². The second-order valence-corrected chi connectivity index (χ2v) is 3.54. The zero-order chi connectivity index (χ0) is 10.7. The van der Waals surface area contributed by atoms with E-state index < -0.39 is 0 Å². The molecule has 2 aromatic heterocycles. The number of nitrogens with zero attached hydrogens (tertiary/aromatic N) is 3. The number of hydrogen-bond donors (Lipinski definition) is 1. The maximum absolute atomic E-state index is 4.23. The molecule has 2 rings (SSSR count). The van der Waals surface area contributed by atoms with Gasteiger partial charge in [0.15, 0.2) is 0 Å². The minimum absolute atomic E-state index is 0.754. The predicted molar refractivity (Wildman–Crippen MR) is 59.5 cm³/mol. The highest BCUT2D eigenvalue weighted by Gasteiger charge is 1.96.